The number of hydrogen-bond donors (Lipinski definition) is 1. The van der Waals surface area contributed by atoms with Crippen LogP contribution in [0, 0.1) is 0 Å². The van der Waals surface area contributed by atoms with E-state index in [0.717, 1.165) is 5.56 Å². The maximum absolute atomic E-state index is 13.5. The minimum atomic E-state index is -0.828. The molecule has 2 aliphatic heterocycles. The number of ether oxygens (including phenoxy) is 3. The molecule has 0 unspecified atom stereocenters. The van der Waals surface area contributed by atoms with Crippen molar-refractivity contribution in [3.05, 3.63) is 41.2 Å². The normalized spacial score (nSPS) is 18.2. The zero-order chi connectivity index (χ0) is 25.1. The van der Waals surface area contributed by atoms with E-state index >= 15 is 0 Å². The number of hydrogen-bond acceptors (Lipinski definition) is 7. The van der Waals surface area contributed by atoms with Gasteiger partial charge in [-0.15, -0.1) is 0 Å². The molecular weight excluding hydrogens is 440 g/mol. The highest BCUT2D eigenvalue weighted by atomic mass is 16.6. The van der Waals surface area contributed by atoms with Crippen molar-refractivity contribution >= 4 is 18.0 Å². The summed E-state index contributed by atoms with van der Waals surface area (Å²) >= 11 is 0. The first kappa shape index (κ1) is 25.4. The summed E-state index contributed by atoms with van der Waals surface area (Å²) in [5, 5.41) is 10.7. The van der Waals surface area contributed by atoms with E-state index in [4.69, 9.17) is 14.2 Å². The number of methoxy groups -OCH3 is 1. The number of piperidine rings is 1. The van der Waals surface area contributed by atoms with E-state index in [1.54, 1.807) is 36.0 Å². The van der Waals surface area contributed by atoms with Crippen molar-refractivity contribution < 1.29 is 33.7 Å². The van der Waals surface area contributed by atoms with Gasteiger partial charge in [0.1, 0.15) is 17.1 Å². The molecule has 0 radical (unpaired) electrons. The highest BCUT2D eigenvalue weighted by molar-refractivity contribution is 6.17. The molecule has 186 valence electrons. The molecule has 3 rings (SSSR count). The van der Waals surface area contributed by atoms with Gasteiger partial charge in [-0.25, -0.2) is 9.59 Å². The Labute approximate surface area is 200 Å². The van der Waals surface area contributed by atoms with Gasteiger partial charge in [0.15, 0.2) is 5.57 Å². The molecule has 0 saturated carbocycles. The first-order valence-corrected chi connectivity index (χ1v) is 11.5. The van der Waals surface area contributed by atoms with E-state index in [-0.39, 0.29) is 30.9 Å². The number of aliphatic hydroxyl groups is 1. The maximum atomic E-state index is 13.5. The Hall–Kier alpha value is -3.23. The van der Waals surface area contributed by atoms with Crippen LogP contribution in [0.25, 0.3) is 0 Å². The molecule has 0 aliphatic carbocycles. The third-order valence-corrected chi connectivity index (χ3v) is 6.14. The van der Waals surface area contributed by atoms with Crippen molar-refractivity contribution in [1.82, 2.24) is 9.80 Å². The minimum absolute atomic E-state index is 0.0946. The molecule has 2 heterocycles. The Balaban J connectivity index is 1.89. The van der Waals surface area contributed by atoms with E-state index in [9.17, 15) is 19.5 Å². The number of nitrogens with zero attached hydrogens (tertiary/aromatic N) is 2. The monoisotopic (exact) mass is 474 g/mol. The zero-order valence-electron chi connectivity index (χ0n) is 20.6. The molecule has 2 amide bonds. The number of likely N-dealkylation sites (tertiary alicyclic amines) is 1. The van der Waals surface area contributed by atoms with Gasteiger partial charge in [0.2, 0.25) is 0 Å². The van der Waals surface area contributed by atoms with Crippen LogP contribution in [0.4, 0.5) is 4.79 Å². The van der Waals surface area contributed by atoms with Crippen molar-refractivity contribution in [1.29, 1.82) is 0 Å². The Morgan fingerprint density at radius 2 is 1.74 bits per heavy atom. The number of carbonyl (C=O) groups is 3. The molecular formula is C25H34N2O7. The van der Waals surface area contributed by atoms with Gasteiger partial charge in [0.05, 0.1) is 19.3 Å². The molecule has 9 heteroatoms. The smallest absolute Gasteiger partial charge is 0.410 e. The van der Waals surface area contributed by atoms with Crippen LogP contribution in [-0.4, -0.2) is 70.8 Å². The molecule has 1 saturated heterocycles. The summed E-state index contributed by atoms with van der Waals surface area (Å²) in [4.78, 5) is 41.8. The summed E-state index contributed by atoms with van der Waals surface area (Å²) < 4.78 is 15.7. The van der Waals surface area contributed by atoms with Crippen LogP contribution in [0.5, 0.6) is 5.75 Å². The molecule has 0 atom stereocenters. The first-order valence-electron chi connectivity index (χ1n) is 11.5. The van der Waals surface area contributed by atoms with Crippen LogP contribution in [0.15, 0.2) is 35.6 Å². The van der Waals surface area contributed by atoms with Gasteiger partial charge in [-0.2, -0.15) is 0 Å². The lowest BCUT2D eigenvalue weighted by atomic mass is 9.78. The summed E-state index contributed by atoms with van der Waals surface area (Å²) in [7, 11) is 1.58. The third kappa shape index (κ3) is 5.46. The van der Waals surface area contributed by atoms with Crippen molar-refractivity contribution in [3.8, 4) is 5.75 Å². The molecule has 2 aliphatic rings. The molecule has 1 aromatic carbocycles. The summed E-state index contributed by atoms with van der Waals surface area (Å²) in [6.45, 7) is 8.15. The Bertz CT molecular complexity index is 954. The number of aliphatic hydroxyl groups excluding tert-OH is 1. The number of esters is 1. The lowest BCUT2D eigenvalue weighted by molar-refractivity contribution is -0.148. The second-order valence-corrected chi connectivity index (χ2v) is 9.65. The molecule has 0 bridgehead atoms. The van der Waals surface area contributed by atoms with Crippen LogP contribution in [0.2, 0.25) is 0 Å². The van der Waals surface area contributed by atoms with Crippen LogP contribution in [0.3, 0.4) is 0 Å². The highest BCUT2D eigenvalue weighted by Gasteiger charge is 2.50. The van der Waals surface area contributed by atoms with Gasteiger partial charge >= 0.3 is 12.1 Å². The third-order valence-electron chi connectivity index (χ3n) is 6.14. The predicted molar refractivity (Wildman–Crippen MR) is 124 cm³/mol. The van der Waals surface area contributed by atoms with Crippen LogP contribution >= 0.6 is 0 Å². The second-order valence-electron chi connectivity index (χ2n) is 9.65. The molecule has 1 spiro atoms. The molecule has 1 aromatic rings. The first-order chi connectivity index (χ1) is 16.0. The second kappa shape index (κ2) is 9.95. The van der Waals surface area contributed by atoms with Crippen LogP contribution in [-0.2, 0) is 25.6 Å². The Kier molecular flexibility index (Phi) is 7.43. The topological polar surface area (TPSA) is 106 Å². The van der Waals surface area contributed by atoms with E-state index in [0.29, 0.717) is 31.7 Å². The van der Waals surface area contributed by atoms with Crippen molar-refractivity contribution in [2.45, 2.75) is 64.6 Å². The molecule has 1 fully saturated rings. The summed E-state index contributed by atoms with van der Waals surface area (Å²) in [6.07, 6.45) is 0.589. The minimum Gasteiger partial charge on any atom is -0.511 e. The molecule has 0 aromatic heterocycles. The largest absolute Gasteiger partial charge is 0.511 e. The number of carbonyl (C=O) groups excluding carboxylic acids is 3. The Morgan fingerprint density at radius 3 is 2.26 bits per heavy atom. The highest BCUT2D eigenvalue weighted by Crippen LogP contribution is 2.41. The molecule has 9 nitrogen and oxygen atoms in total. The van der Waals surface area contributed by atoms with Gasteiger partial charge in [-0.1, -0.05) is 12.1 Å². The van der Waals surface area contributed by atoms with Crippen LogP contribution in [0.1, 0.15) is 52.5 Å². The lowest BCUT2D eigenvalue weighted by Crippen LogP contribution is -2.61. The fraction of sp³-hybridized carbons (Fsp3) is 0.560. The summed E-state index contributed by atoms with van der Waals surface area (Å²) in [5.41, 5.74) is -0.818. The van der Waals surface area contributed by atoms with Gasteiger partial charge in [-0.05, 0) is 58.2 Å². The van der Waals surface area contributed by atoms with E-state index in [2.05, 4.69) is 0 Å². The van der Waals surface area contributed by atoms with Crippen LogP contribution < -0.4 is 4.74 Å². The van der Waals surface area contributed by atoms with Gasteiger partial charge in [0.25, 0.3) is 5.91 Å². The fourth-order valence-corrected chi connectivity index (χ4v) is 4.41. The Morgan fingerprint density at radius 1 is 1.12 bits per heavy atom. The van der Waals surface area contributed by atoms with Crippen molar-refractivity contribution in [2.24, 2.45) is 0 Å². The molecule has 1 N–H and O–H groups in total. The zero-order valence-corrected chi connectivity index (χ0v) is 20.6. The fourth-order valence-electron chi connectivity index (χ4n) is 4.41. The number of amides is 2. The van der Waals surface area contributed by atoms with E-state index in [1.807, 2.05) is 32.9 Å². The average Bonchev–Trinajstić information content (AvgIpc) is 2.76. The van der Waals surface area contributed by atoms with Gasteiger partial charge < -0.3 is 29.1 Å². The van der Waals surface area contributed by atoms with Gasteiger partial charge in [0, 0.05) is 26.1 Å². The number of benzene rings is 1. The van der Waals surface area contributed by atoms with E-state index in [1.165, 1.54) is 0 Å². The SMILES string of the molecule is CCOC(=O)C1=C(O)CC2(CCN(C(=O)OC(C)(C)C)CC2)N(Cc2ccc(OC)cc2)C1=O. The number of rotatable bonds is 5. The van der Waals surface area contributed by atoms with Crippen molar-refractivity contribution in [2.75, 3.05) is 26.8 Å². The quantitative estimate of drug-likeness (QED) is 0.514. The van der Waals surface area contributed by atoms with E-state index < -0.39 is 29.1 Å². The summed E-state index contributed by atoms with van der Waals surface area (Å²) in [6, 6.07) is 7.33. The maximum Gasteiger partial charge on any atom is 0.410 e. The van der Waals surface area contributed by atoms with Gasteiger partial charge in [-0.3, -0.25) is 4.79 Å². The predicted octanol–water partition coefficient (Wildman–Crippen LogP) is 3.57. The standard InChI is InChI=1S/C25H34N2O7/c1-6-33-22(30)20-19(28)15-25(11-13-26(14-12-25)23(31)34-24(2,3)4)27(21(20)29)16-17-7-9-18(32-5)10-8-17/h7-10,28H,6,11-16H2,1-5H3. The molecule has 34 heavy (non-hydrogen) atoms. The van der Waals surface area contributed by atoms with Crippen molar-refractivity contribution in [3.63, 3.8) is 0 Å². The summed E-state index contributed by atoms with van der Waals surface area (Å²) in [5.74, 6) is -0.964. The average molecular weight is 475 g/mol. The lowest BCUT2D eigenvalue weighted by Gasteiger charge is -2.50.